The summed E-state index contributed by atoms with van der Waals surface area (Å²) < 4.78 is 14.4. The smallest absolute Gasteiger partial charge is 0.303 e. The monoisotopic (exact) mass is 1130 g/mol. The van der Waals surface area contributed by atoms with Crippen LogP contribution in [0.25, 0.3) is 0 Å². The van der Waals surface area contributed by atoms with Crippen molar-refractivity contribution in [3.05, 3.63) is 146 Å². The third kappa shape index (κ3) is 27.9. The van der Waals surface area contributed by atoms with E-state index >= 15 is 0 Å². The number of rotatable bonds is 42. The van der Waals surface area contributed by atoms with Gasteiger partial charge in [0, 0.05) is 25.2 Å². The number of carboxylic acid groups (broad SMARTS) is 1. The van der Waals surface area contributed by atoms with Crippen LogP contribution >= 0.6 is 0 Å². The van der Waals surface area contributed by atoms with Crippen molar-refractivity contribution < 1.29 is 23.9 Å². The molecule has 0 radical (unpaired) electrons. The number of aliphatic hydroxyl groups is 1. The molecule has 7 heteroatoms. The number of carboxylic acids is 1. The van der Waals surface area contributed by atoms with Crippen LogP contribution in [-0.2, 0) is 13.6 Å². The maximum absolute atomic E-state index is 10.5. The SMILES string of the molecule is C.CC(CCC/C=C\CCCCCCCCCCCCC(=O)O)O[Si](c1ccccc1)(c1ccccc1)C(C)(C)C.CC(CCC/C=C\CCCCCCCCCCCCCO)O[Si](c1ccccc1)(c1ccccc1)C(C)(C)C. The van der Waals surface area contributed by atoms with Crippen molar-refractivity contribution in [2.24, 2.45) is 0 Å². The van der Waals surface area contributed by atoms with Crippen molar-refractivity contribution in [3.63, 3.8) is 0 Å². The molecule has 80 heavy (non-hydrogen) atoms. The Kier molecular flexibility index (Phi) is 38.7. The third-order valence-electron chi connectivity index (χ3n) is 15.9. The van der Waals surface area contributed by atoms with Crippen LogP contribution in [0.1, 0.15) is 255 Å². The predicted molar refractivity (Wildman–Crippen MR) is 355 cm³/mol. The van der Waals surface area contributed by atoms with E-state index < -0.39 is 22.6 Å². The summed E-state index contributed by atoms with van der Waals surface area (Å²) in [5, 5.41) is 23.0. The first-order valence-corrected chi connectivity index (χ1v) is 35.7. The molecule has 0 saturated heterocycles. The molecule has 0 aliphatic rings. The molecule has 0 aromatic heterocycles. The van der Waals surface area contributed by atoms with Crippen molar-refractivity contribution >= 4 is 43.4 Å². The summed E-state index contributed by atoms with van der Waals surface area (Å²) in [5.74, 6) is -0.666. The molecule has 2 unspecified atom stereocenters. The minimum absolute atomic E-state index is 0. The van der Waals surface area contributed by atoms with Crippen LogP contribution in [0.3, 0.4) is 0 Å². The highest BCUT2D eigenvalue weighted by atomic mass is 28.4. The fourth-order valence-electron chi connectivity index (χ4n) is 11.5. The number of hydrogen-bond acceptors (Lipinski definition) is 4. The van der Waals surface area contributed by atoms with Gasteiger partial charge in [0.25, 0.3) is 16.6 Å². The fraction of sp³-hybridized carbons (Fsp3) is 0.603. The van der Waals surface area contributed by atoms with E-state index in [4.69, 9.17) is 19.1 Å². The highest BCUT2D eigenvalue weighted by Gasteiger charge is 2.52. The summed E-state index contributed by atoms with van der Waals surface area (Å²) in [4.78, 5) is 10.5. The van der Waals surface area contributed by atoms with Gasteiger partial charge in [-0.1, -0.05) is 304 Å². The van der Waals surface area contributed by atoms with Crippen LogP contribution in [0.4, 0.5) is 0 Å². The maximum atomic E-state index is 10.5. The van der Waals surface area contributed by atoms with Crippen LogP contribution < -0.4 is 20.7 Å². The molecule has 0 heterocycles. The van der Waals surface area contributed by atoms with Crippen LogP contribution in [0.2, 0.25) is 10.1 Å². The lowest BCUT2D eigenvalue weighted by Gasteiger charge is -2.44. The van der Waals surface area contributed by atoms with E-state index in [0.717, 1.165) is 51.4 Å². The van der Waals surface area contributed by atoms with Crippen LogP contribution in [0.15, 0.2) is 146 Å². The zero-order valence-electron chi connectivity index (χ0n) is 51.6. The van der Waals surface area contributed by atoms with E-state index in [9.17, 15) is 4.79 Å². The molecule has 2 atom stereocenters. The Bertz CT molecular complexity index is 2050. The molecular weight excluding hydrogens is 1010 g/mol. The second kappa shape index (κ2) is 42.9. The molecule has 0 aliphatic carbocycles. The molecule has 2 N–H and O–H groups in total. The van der Waals surface area contributed by atoms with Gasteiger partial charge < -0.3 is 19.1 Å². The number of aliphatic hydroxyl groups excluding tert-OH is 1. The highest BCUT2D eigenvalue weighted by molar-refractivity contribution is 7.00. The summed E-state index contributed by atoms with van der Waals surface area (Å²) >= 11 is 0. The van der Waals surface area contributed by atoms with Gasteiger partial charge in [0.2, 0.25) is 0 Å². The Morgan fingerprint density at radius 1 is 0.400 bits per heavy atom. The number of unbranched alkanes of at least 4 members (excludes halogenated alkanes) is 23. The summed E-state index contributed by atoms with van der Waals surface area (Å²) in [6.07, 6.45) is 46.2. The van der Waals surface area contributed by atoms with Crippen LogP contribution in [0, 0.1) is 0 Å². The first kappa shape index (κ1) is 72.2. The van der Waals surface area contributed by atoms with E-state index in [1.54, 1.807) is 0 Å². The molecule has 4 aromatic carbocycles. The standard InChI is InChI=1S/C36H56O3Si.C36H58O2Si.CH4/c1-32(26-20-16-14-12-10-8-6-5-7-9-11-13-15-17-25-31-35(37)38)39-40(36(2,3)4,33-27-21-18-22-28-33)34-29-23-19-24-30-34;1-33(27-21-17-15-13-11-9-7-5-6-8-10-12-14-16-18-26-32-37)38-39(36(2,3)4,34-28-22-19-23-29-34)35-30-24-20-25-31-35;/h12,14,18-19,21-24,27-30,32H,5-11,13,15-17,20,25-26,31H2,1-4H3,(H,37,38);13,15,19-20,22-25,28-31,33,37H,5-12,14,16-18,21,26-27,32H2,1-4H3;1H4/b14-12-;15-13-;. The average molecular weight is 1130 g/mol. The first-order chi connectivity index (χ1) is 38.2. The van der Waals surface area contributed by atoms with Crippen LogP contribution in [0.5, 0.6) is 0 Å². The Hall–Kier alpha value is -3.86. The highest BCUT2D eigenvalue weighted by Crippen LogP contribution is 2.39. The lowest BCUT2D eigenvalue weighted by atomic mass is 10.0. The fourth-order valence-corrected chi connectivity index (χ4v) is 21.0. The molecule has 0 amide bonds. The summed E-state index contributed by atoms with van der Waals surface area (Å²) in [6, 6.07) is 43.9. The van der Waals surface area contributed by atoms with Crippen molar-refractivity contribution in [2.75, 3.05) is 6.61 Å². The van der Waals surface area contributed by atoms with Crippen LogP contribution in [-0.4, -0.2) is 51.6 Å². The van der Waals surface area contributed by atoms with Gasteiger partial charge in [0.1, 0.15) is 0 Å². The quantitative estimate of drug-likeness (QED) is 0.0263. The first-order valence-electron chi connectivity index (χ1n) is 31.9. The van der Waals surface area contributed by atoms with Crippen molar-refractivity contribution in [1.82, 2.24) is 0 Å². The third-order valence-corrected chi connectivity index (χ3v) is 26.2. The van der Waals surface area contributed by atoms with Gasteiger partial charge in [0.15, 0.2) is 0 Å². The number of allylic oxidation sites excluding steroid dienone is 4. The van der Waals surface area contributed by atoms with Gasteiger partial charge in [0.05, 0.1) is 0 Å². The predicted octanol–water partition coefficient (Wildman–Crippen LogP) is 19.4. The molecule has 0 spiro atoms. The molecule has 0 fully saturated rings. The Balaban J connectivity index is 0.000000540. The summed E-state index contributed by atoms with van der Waals surface area (Å²) in [6.45, 7) is 19.0. The zero-order chi connectivity index (χ0) is 57.3. The summed E-state index contributed by atoms with van der Waals surface area (Å²) in [5.41, 5.74) is 0. The second-order valence-electron chi connectivity index (χ2n) is 24.9. The van der Waals surface area contributed by atoms with Crippen molar-refractivity contribution in [3.8, 4) is 0 Å². The normalized spacial score (nSPS) is 13.0. The zero-order valence-corrected chi connectivity index (χ0v) is 53.6. The molecule has 5 nitrogen and oxygen atoms in total. The number of carbonyl (C=O) groups is 1. The van der Waals surface area contributed by atoms with E-state index in [1.807, 2.05) is 0 Å². The lowest BCUT2D eigenvalue weighted by Crippen LogP contribution is -2.67. The number of hydrogen-bond donors (Lipinski definition) is 2. The molecule has 0 bridgehead atoms. The number of aliphatic carboxylic acids is 1. The van der Waals surface area contributed by atoms with Gasteiger partial charge >= 0.3 is 5.97 Å². The minimum atomic E-state index is -2.46. The molecular formula is C73H118O5Si2. The van der Waals surface area contributed by atoms with Gasteiger partial charge in [-0.2, -0.15) is 0 Å². The second-order valence-corrected chi connectivity index (χ2v) is 33.4. The molecule has 0 saturated carbocycles. The Labute approximate surface area is 494 Å². The van der Waals surface area contributed by atoms with E-state index in [0.29, 0.717) is 13.0 Å². The molecule has 4 rings (SSSR count). The molecule has 4 aromatic rings. The van der Waals surface area contributed by atoms with Gasteiger partial charge in [-0.15, -0.1) is 0 Å². The largest absolute Gasteiger partial charge is 0.481 e. The minimum Gasteiger partial charge on any atom is -0.481 e. The maximum Gasteiger partial charge on any atom is 0.303 e. The van der Waals surface area contributed by atoms with E-state index in [2.05, 4.69) is 201 Å². The van der Waals surface area contributed by atoms with E-state index in [1.165, 1.54) is 156 Å². The van der Waals surface area contributed by atoms with Gasteiger partial charge in [-0.25, -0.2) is 0 Å². The molecule has 0 aliphatic heterocycles. The molecule has 448 valence electrons. The average Bonchev–Trinajstić information content (AvgIpc) is 3.62. The van der Waals surface area contributed by atoms with Gasteiger partial charge in [-0.3, -0.25) is 4.79 Å². The van der Waals surface area contributed by atoms with E-state index in [-0.39, 0.29) is 29.7 Å². The summed E-state index contributed by atoms with van der Waals surface area (Å²) in [7, 11) is -4.92. The lowest BCUT2D eigenvalue weighted by molar-refractivity contribution is -0.137. The topological polar surface area (TPSA) is 76.0 Å². The number of benzene rings is 4. The Morgan fingerprint density at radius 3 is 0.887 bits per heavy atom. The van der Waals surface area contributed by atoms with Crippen molar-refractivity contribution in [1.29, 1.82) is 0 Å². The Morgan fingerprint density at radius 2 is 0.637 bits per heavy atom. The van der Waals surface area contributed by atoms with Crippen molar-refractivity contribution in [2.45, 2.75) is 278 Å². The van der Waals surface area contributed by atoms with Gasteiger partial charge in [-0.05, 0) is 122 Å².